The van der Waals surface area contributed by atoms with Gasteiger partial charge in [0, 0.05) is 50.5 Å². The van der Waals surface area contributed by atoms with Crippen LogP contribution in [0.5, 0.6) is 0 Å². The van der Waals surface area contributed by atoms with Crippen molar-refractivity contribution >= 4 is 23.2 Å². The van der Waals surface area contributed by atoms with Gasteiger partial charge in [0.15, 0.2) is 0 Å². The summed E-state index contributed by atoms with van der Waals surface area (Å²) in [6.45, 7) is 5.78. The molecular formula is C28H29F5N6O2. The zero-order chi connectivity index (χ0) is 29.3. The van der Waals surface area contributed by atoms with Gasteiger partial charge in [0.1, 0.15) is 11.6 Å². The first-order valence-electron chi connectivity index (χ1n) is 13.1. The maximum absolute atomic E-state index is 15.7. The summed E-state index contributed by atoms with van der Waals surface area (Å²) in [5.74, 6) is -2.46. The molecule has 0 spiro atoms. The van der Waals surface area contributed by atoms with Gasteiger partial charge in [-0.2, -0.15) is 13.2 Å². The summed E-state index contributed by atoms with van der Waals surface area (Å²) in [7, 11) is 1.96. The smallest absolute Gasteiger partial charge is 0.378 e. The minimum absolute atomic E-state index is 0.0401. The van der Waals surface area contributed by atoms with Gasteiger partial charge in [-0.15, -0.1) is 0 Å². The van der Waals surface area contributed by atoms with E-state index in [1.165, 1.54) is 24.4 Å². The molecule has 3 heterocycles. The van der Waals surface area contributed by atoms with Gasteiger partial charge in [0.2, 0.25) is 5.95 Å². The van der Waals surface area contributed by atoms with Crippen molar-refractivity contribution in [2.45, 2.75) is 19.1 Å². The van der Waals surface area contributed by atoms with Crippen LogP contribution in [-0.4, -0.2) is 79.8 Å². The van der Waals surface area contributed by atoms with Crippen molar-refractivity contribution in [3.05, 3.63) is 65.4 Å². The molecule has 2 fully saturated rings. The highest BCUT2D eigenvalue weighted by Crippen LogP contribution is 2.37. The van der Waals surface area contributed by atoms with Gasteiger partial charge in [-0.05, 0) is 50.4 Å². The van der Waals surface area contributed by atoms with Crippen LogP contribution in [0.4, 0.5) is 39.3 Å². The number of alkyl halides is 3. The number of likely N-dealkylation sites (N-methyl/N-ethyl adjacent to an activating group) is 1. The summed E-state index contributed by atoms with van der Waals surface area (Å²) in [5, 5.41) is 2.54. The van der Waals surface area contributed by atoms with E-state index in [9.17, 15) is 22.4 Å². The Labute approximate surface area is 233 Å². The number of morpholine rings is 1. The third kappa shape index (κ3) is 6.25. The van der Waals surface area contributed by atoms with Crippen LogP contribution >= 0.6 is 0 Å². The Morgan fingerprint density at radius 2 is 1.78 bits per heavy atom. The number of rotatable bonds is 5. The molecule has 1 aromatic heterocycles. The zero-order valence-electron chi connectivity index (χ0n) is 22.5. The molecule has 2 aliphatic heterocycles. The monoisotopic (exact) mass is 576 g/mol. The first-order valence-corrected chi connectivity index (χ1v) is 13.1. The maximum Gasteiger partial charge on any atom is 0.417 e. The van der Waals surface area contributed by atoms with E-state index in [1.807, 2.05) is 23.8 Å². The summed E-state index contributed by atoms with van der Waals surface area (Å²) in [4.78, 5) is 28.0. The van der Waals surface area contributed by atoms with E-state index in [-0.39, 0.29) is 29.1 Å². The van der Waals surface area contributed by atoms with E-state index in [0.29, 0.717) is 57.6 Å². The molecule has 0 unspecified atom stereocenters. The van der Waals surface area contributed by atoms with Gasteiger partial charge in [-0.25, -0.2) is 18.7 Å². The van der Waals surface area contributed by atoms with Gasteiger partial charge in [0.25, 0.3) is 5.91 Å². The van der Waals surface area contributed by atoms with E-state index in [2.05, 4.69) is 20.2 Å². The third-order valence-electron chi connectivity index (χ3n) is 7.38. The highest BCUT2D eigenvalue weighted by molar-refractivity contribution is 6.07. The Kier molecular flexibility index (Phi) is 8.09. The van der Waals surface area contributed by atoms with E-state index in [4.69, 9.17) is 4.74 Å². The minimum atomic E-state index is -4.96. The summed E-state index contributed by atoms with van der Waals surface area (Å²) in [6, 6.07) is 6.10. The van der Waals surface area contributed by atoms with Crippen molar-refractivity contribution in [1.29, 1.82) is 0 Å². The Bertz CT molecular complexity index is 1430. The summed E-state index contributed by atoms with van der Waals surface area (Å²) in [6.07, 6.45) is -3.47. The maximum atomic E-state index is 15.7. The van der Waals surface area contributed by atoms with Crippen molar-refractivity contribution in [3.8, 4) is 11.3 Å². The number of hydrogen-bond acceptors (Lipinski definition) is 7. The van der Waals surface area contributed by atoms with Crippen LogP contribution in [0.25, 0.3) is 11.3 Å². The molecule has 0 saturated carbocycles. The van der Waals surface area contributed by atoms with E-state index >= 15 is 4.39 Å². The average molecular weight is 577 g/mol. The molecule has 1 N–H and O–H groups in total. The standard InChI is InChI=1S/C28H29F5N6O2/c1-17-16-39(8-7-37(17)2)25-15-22(30)20(23-5-6-34-27(36-23)38-9-11-41-12-10-38)14-24(25)35-26(40)19-4-3-18(29)13-21(19)28(31,32)33/h3-6,13-15,17H,7-12,16H2,1-2H3,(H,35,40)/t17-/m0/s1. The molecule has 218 valence electrons. The number of aromatic nitrogens is 2. The molecule has 0 aliphatic carbocycles. The van der Waals surface area contributed by atoms with Crippen LogP contribution in [0.1, 0.15) is 22.8 Å². The van der Waals surface area contributed by atoms with Crippen LogP contribution in [-0.2, 0) is 10.9 Å². The van der Waals surface area contributed by atoms with Crippen molar-refractivity contribution < 1.29 is 31.5 Å². The van der Waals surface area contributed by atoms with Crippen molar-refractivity contribution in [2.75, 3.05) is 68.1 Å². The Balaban J connectivity index is 1.56. The molecule has 5 rings (SSSR count). The fraction of sp³-hybridized carbons (Fsp3) is 0.393. The lowest BCUT2D eigenvalue weighted by Gasteiger charge is -2.39. The molecule has 13 heteroatoms. The lowest BCUT2D eigenvalue weighted by molar-refractivity contribution is -0.138. The second-order valence-electron chi connectivity index (χ2n) is 10.1. The first-order chi connectivity index (χ1) is 19.5. The van der Waals surface area contributed by atoms with Crippen LogP contribution in [0.3, 0.4) is 0 Å². The zero-order valence-corrected chi connectivity index (χ0v) is 22.5. The number of nitrogens with one attached hydrogen (secondary N) is 1. The number of carbonyl (C=O) groups is 1. The van der Waals surface area contributed by atoms with E-state index < -0.39 is 34.8 Å². The molecule has 1 atom stereocenters. The molecule has 2 aliphatic rings. The summed E-state index contributed by atoms with van der Waals surface area (Å²) >= 11 is 0. The molecule has 8 nitrogen and oxygen atoms in total. The SMILES string of the molecule is C[C@H]1CN(c2cc(F)c(-c3ccnc(N4CCOCC4)n3)cc2NC(=O)c2ccc(F)cc2C(F)(F)F)CCN1C. The number of amides is 1. The fourth-order valence-corrected chi connectivity index (χ4v) is 4.94. The second-order valence-corrected chi connectivity index (χ2v) is 10.1. The molecule has 2 aromatic carbocycles. The fourth-order valence-electron chi connectivity index (χ4n) is 4.94. The van der Waals surface area contributed by atoms with Gasteiger partial charge >= 0.3 is 6.18 Å². The Morgan fingerprint density at radius 3 is 2.49 bits per heavy atom. The van der Waals surface area contributed by atoms with Crippen LogP contribution in [0, 0.1) is 11.6 Å². The molecular weight excluding hydrogens is 547 g/mol. The number of halogens is 5. The van der Waals surface area contributed by atoms with Crippen LogP contribution in [0.15, 0.2) is 42.6 Å². The lowest BCUT2D eigenvalue weighted by Crippen LogP contribution is -2.50. The van der Waals surface area contributed by atoms with Gasteiger partial charge in [-0.1, -0.05) is 0 Å². The molecule has 1 amide bonds. The molecule has 41 heavy (non-hydrogen) atoms. The topological polar surface area (TPSA) is 73.8 Å². The number of carbonyl (C=O) groups excluding carboxylic acids is 1. The van der Waals surface area contributed by atoms with E-state index in [0.717, 1.165) is 12.1 Å². The Hall–Kier alpha value is -3.84. The van der Waals surface area contributed by atoms with Crippen LogP contribution < -0.4 is 15.1 Å². The number of nitrogens with zero attached hydrogens (tertiary/aromatic N) is 5. The molecule has 3 aromatic rings. The van der Waals surface area contributed by atoms with Crippen molar-refractivity contribution in [2.24, 2.45) is 0 Å². The normalized spacial score (nSPS) is 18.5. The lowest BCUT2D eigenvalue weighted by atomic mass is 10.0. The van der Waals surface area contributed by atoms with Gasteiger partial charge in [-0.3, -0.25) is 4.79 Å². The predicted molar refractivity (Wildman–Crippen MR) is 144 cm³/mol. The average Bonchev–Trinajstić information content (AvgIpc) is 2.95. The third-order valence-corrected chi connectivity index (χ3v) is 7.38. The highest BCUT2D eigenvalue weighted by Gasteiger charge is 2.36. The number of piperazine rings is 1. The number of hydrogen-bond donors (Lipinski definition) is 1. The first kappa shape index (κ1) is 28.7. The summed E-state index contributed by atoms with van der Waals surface area (Å²) in [5.41, 5.74) is -1.45. The van der Waals surface area contributed by atoms with Crippen LogP contribution in [0.2, 0.25) is 0 Å². The highest BCUT2D eigenvalue weighted by atomic mass is 19.4. The quantitative estimate of drug-likeness (QED) is 0.443. The largest absolute Gasteiger partial charge is 0.417 e. The van der Waals surface area contributed by atoms with E-state index in [1.54, 1.807) is 0 Å². The predicted octanol–water partition coefficient (Wildman–Crippen LogP) is 4.67. The number of ether oxygens (including phenoxy) is 1. The molecule has 0 radical (unpaired) electrons. The van der Waals surface area contributed by atoms with Crippen molar-refractivity contribution in [3.63, 3.8) is 0 Å². The van der Waals surface area contributed by atoms with Crippen molar-refractivity contribution in [1.82, 2.24) is 14.9 Å². The second kappa shape index (κ2) is 11.6. The van der Waals surface area contributed by atoms with Gasteiger partial charge < -0.3 is 24.8 Å². The minimum Gasteiger partial charge on any atom is -0.378 e. The molecule has 0 bridgehead atoms. The summed E-state index contributed by atoms with van der Waals surface area (Å²) < 4.78 is 75.8. The number of anilines is 3. The Morgan fingerprint density at radius 1 is 1.02 bits per heavy atom. The molecule has 2 saturated heterocycles. The number of benzene rings is 2. The van der Waals surface area contributed by atoms with Gasteiger partial charge in [0.05, 0.1) is 41.4 Å².